The second-order valence-corrected chi connectivity index (χ2v) is 10.6. The zero-order chi connectivity index (χ0) is 19.7. The maximum absolute atomic E-state index is 13.8. The van der Waals surface area contributed by atoms with Crippen molar-refractivity contribution in [3.05, 3.63) is 102 Å². The standard InChI is InChI=1S/C23H22INO2S/c1-17-12-14-20(15-13-17)28(26,27)25-22(18-8-4-2-5-9-18)16-21(24)23(25)19-10-6-3-7-11-19/h2-15,21-23H,16H2,1H3/t21-,22-,23+/m1/s1. The van der Waals surface area contributed by atoms with Gasteiger partial charge in [-0.05, 0) is 36.6 Å². The molecule has 3 atom stereocenters. The molecule has 1 heterocycles. The second kappa shape index (κ2) is 7.97. The molecule has 1 aliphatic rings. The van der Waals surface area contributed by atoms with Crippen LogP contribution in [0.3, 0.4) is 0 Å². The second-order valence-electron chi connectivity index (χ2n) is 7.18. The highest BCUT2D eigenvalue weighted by Gasteiger charge is 2.48. The van der Waals surface area contributed by atoms with Crippen LogP contribution in [0, 0.1) is 6.92 Å². The van der Waals surface area contributed by atoms with Gasteiger partial charge < -0.3 is 0 Å². The maximum atomic E-state index is 13.8. The Balaban J connectivity index is 1.86. The van der Waals surface area contributed by atoms with Crippen LogP contribution in [-0.4, -0.2) is 16.6 Å². The van der Waals surface area contributed by atoms with E-state index in [0.29, 0.717) is 4.90 Å². The number of hydrogen-bond acceptors (Lipinski definition) is 2. The van der Waals surface area contributed by atoms with Gasteiger partial charge in [0.2, 0.25) is 10.0 Å². The molecule has 0 aliphatic carbocycles. The van der Waals surface area contributed by atoms with Crippen LogP contribution in [-0.2, 0) is 10.0 Å². The van der Waals surface area contributed by atoms with E-state index in [1.165, 1.54) is 0 Å². The van der Waals surface area contributed by atoms with Crippen LogP contribution in [0.25, 0.3) is 0 Å². The average Bonchev–Trinajstić information content (AvgIpc) is 3.08. The first-order valence-electron chi connectivity index (χ1n) is 9.32. The van der Waals surface area contributed by atoms with Gasteiger partial charge in [-0.15, -0.1) is 0 Å². The van der Waals surface area contributed by atoms with Crippen LogP contribution in [0.5, 0.6) is 0 Å². The zero-order valence-corrected chi connectivity index (χ0v) is 18.5. The molecule has 1 saturated heterocycles. The molecule has 0 spiro atoms. The van der Waals surface area contributed by atoms with Crippen molar-refractivity contribution in [2.75, 3.05) is 0 Å². The Morgan fingerprint density at radius 3 is 1.93 bits per heavy atom. The van der Waals surface area contributed by atoms with Gasteiger partial charge in [0.15, 0.2) is 0 Å². The molecule has 28 heavy (non-hydrogen) atoms. The summed E-state index contributed by atoms with van der Waals surface area (Å²) >= 11 is 2.41. The normalized spacial score (nSPS) is 23.0. The summed E-state index contributed by atoms with van der Waals surface area (Å²) in [5.74, 6) is 0. The Bertz CT molecular complexity index is 1040. The van der Waals surface area contributed by atoms with Crippen molar-refractivity contribution < 1.29 is 8.42 Å². The number of benzene rings is 3. The minimum Gasteiger partial charge on any atom is -0.207 e. The van der Waals surface area contributed by atoms with Crippen LogP contribution in [0.1, 0.15) is 35.2 Å². The van der Waals surface area contributed by atoms with Crippen molar-refractivity contribution in [2.24, 2.45) is 0 Å². The topological polar surface area (TPSA) is 37.4 Å². The van der Waals surface area contributed by atoms with Crippen LogP contribution >= 0.6 is 22.6 Å². The van der Waals surface area contributed by atoms with Crippen molar-refractivity contribution in [1.29, 1.82) is 0 Å². The minimum atomic E-state index is -3.65. The van der Waals surface area contributed by atoms with E-state index in [-0.39, 0.29) is 16.0 Å². The molecule has 1 fully saturated rings. The summed E-state index contributed by atoms with van der Waals surface area (Å²) < 4.78 is 29.5. The minimum absolute atomic E-state index is 0.181. The largest absolute Gasteiger partial charge is 0.244 e. The van der Waals surface area contributed by atoms with E-state index in [1.807, 2.05) is 79.7 Å². The van der Waals surface area contributed by atoms with Crippen molar-refractivity contribution in [1.82, 2.24) is 4.31 Å². The molecular weight excluding hydrogens is 481 g/mol. The third-order valence-corrected chi connectivity index (χ3v) is 8.39. The highest BCUT2D eigenvalue weighted by molar-refractivity contribution is 14.1. The molecule has 144 valence electrons. The van der Waals surface area contributed by atoms with Crippen LogP contribution in [0.4, 0.5) is 0 Å². The van der Waals surface area contributed by atoms with Crippen molar-refractivity contribution >= 4 is 32.6 Å². The molecular formula is C23H22INO2S. The monoisotopic (exact) mass is 503 g/mol. The Morgan fingerprint density at radius 1 is 0.821 bits per heavy atom. The number of aryl methyl sites for hydroxylation is 1. The molecule has 3 aromatic rings. The summed E-state index contributed by atoms with van der Waals surface area (Å²) in [6, 6.07) is 26.7. The first kappa shape index (κ1) is 19.6. The number of hydrogen-bond donors (Lipinski definition) is 0. The molecule has 0 N–H and O–H groups in total. The van der Waals surface area contributed by atoms with Crippen molar-refractivity contribution in [2.45, 2.75) is 34.2 Å². The fourth-order valence-corrected chi connectivity index (χ4v) is 7.21. The molecule has 3 aromatic carbocycles. The number of alkyl halides is 1. The SMILES string of the molecule is Cc1ccc(S(=O)(=O)N2[C@@H](c3ccccc3)C[C@@H](I)[C@@H]2c2ccccc2)cc1. The van der Waals surface area contributed by atoms with Gasteiger partial charge in [-0.1, -0.05) is 101 Å². The number of rotatable bonds is 4. The van der Waals surface area contributed by atoms with Gasteiger partial charge in [0.05, 0.1) is 17.0 Å². The Hall–Kier alpha value is -1.70. The van der Waals surface area contributed by atoms with Gasteiger partial charge >= 0.3 is 0 Å². The lowest BCUT2D eigenvalue weighted by Gasteiger charge is -2.30. The van der Waals surface area contributed by atoms with Gasteiger partial charge in [-0.25, -0.2) is 8.42 Å². The van der Waals surface area contributed by atoms with Gasteiger partial charge in [0.1, 0.15) is 0 Å². The first-order valence-corrected chi connectivity index (χ1v) is 12.0. The smallest absolute Gasteiger partial charge is 0.207 e. The van der Waals surface area contributed by atoms with E-state index in [9.17, 15) is 8.42 Å². The fourth-order valence-electron chi connectivity index (χ4n) is 3.91. The summed E-state index contributed by atoms with van der Waals surface area (Å²) in [5, 5.41) is 0. The third-order valence-electron chi connectivity index (χ3n) is 5.29. The third kappa shape index (κ3) is 3.63. The highest BCUT2D eigenvalue weighted by atomic mass is 127. The lowest BCUT2D eigenvalue weighted by molar-refractivity contribution is 0.332. The van der Waals surface area contributed by atoms with Crippen molar-refractivity contribution in [3.63, 3.8) is 0 Å². The van der Waals surface area contributed by atoms with E-state index in [1.54, 1.807) is 16.4 Å². The quantitative estimate of drug-likeness (QED) is 0.340. The zero-order valence-electron chi connectivity index (χ0n) is 15.6. The van der Waals surface area contributed by atoms with Crippen LogP contribution in [0.2, 0.25) is 0 Å². The molecule has 0 radical (unpaired) electrons. The van der Waals surface area contributed by atoms with Gasteiger partial charge in [0, 0.05) is 3.92 Å². The lowest BCUT2D eigenvalue weighted by atomic mass is 10.0. The van der Waals surface area contributed by atoms with Crippen LogP contribution < -0.4 is 0 Å². The fraction of sp³-hybridized carbons (Fsp3) is 0.217. The maximum Gasteiger partial charge on any atom is 0.244 e. The molecule has 0 saturated carbocycles. The molecule has 1 aliphatic heterocycles. The summed E-state index contributed by atoms with van der Waals surface area (Å²) in [7, 11) is -3.65. The molecule has 0 aromatic heterocycles. The molecule has 0 unspecified atom stereocenters. The Labute approximate surface area is 180 Å². The van der Waals surface area contributed by atoms with E-state index in [0.717, 1.165) is 23.1 Å². The summed E-state index contributed by atoms with van der Waals surface area (Å²) in [6.45, 7) is 1.96. The van der Waals surface area contributed by atoms with E-state index >= 15 is 0 Å². The highest BCUT2D eigenvalue weighted by Crippen LogP contribution is 2.50. The average molecular weight is 503 g/mol. The molecule has 4 rings (SSSR count). The van der Waals surface area contributed by atoms with Gasteiger partial charge in [-0.2, -0.15) is 4.31 Å². The van der Waals surface area contributed by atoms with E-state index in [2.05, 4.69) is 22.6 Å². The Morgan fingerprint density at radius 2 is 1.36 bits per heavy atom. The van der Waals surface area contributed by atoms with Crippen LogP contribution in [0.15, 0.2) is 89.8 Å². The predicted molar refractivity (Wildman–Crippen MR) is 121 cm³/mol. The summed E-state index contributed by atoms with van der Waals surface area (Å²) in [5.41, 5.74) is 3.13. The lowest BCUT2D eigenvalue weighted by Crippen LogP contribution is -2.34. The molecule has 3 nitrogen and oxygen atoms in total. The number of nitrogens with zero attached hydrogens (tertiary/aromatic N) is 1. The summed E-state index contributed by atoms with van der Waals surface area (Å²) in [6.07, 6.45) is 0.787. The number of halogens is 1. The van der Waals surface area contributed by atoms with Gasteiger partial charge in [0.25, 0.3) is 0 Å². The summed E-state index contributed by atoms with van der Waals surface area (Å²) in [4.78, 5) is 0.352. The predicted octanol–water partition coefficient (Wildman–Crippen LogP) is 5.68. The first-order chi connectivity index (χ1) is 13.5. The van der Waals surface area contributed by atoms with E-state index in [4.69, 9.17) is 0 Å². The molecule has 5 heteroatoms. The molecule has 0 amide bonds. The van der Waals surface area contributed by atoms with Crippen molar-refractivity contribution in [3.8, 4) is 0 Å². The molecule has 0 bridgehead atoms. The van der Waals surface area contributed by atoms with E-state index < -0.39 is 10.0 Å². The number of sulfonamides is 1. The Kier molecular flexibility index (Phi) is 5.58. The van der Waals surface area contributed by atoms with Gasteiger partial charge in [-0.3, -0.25) is 0 Å².